The largest absolute Gasteiger partial charge is 0.314 e. The van der Waals surface area contributed by atoms with Crippen molar-refractivity contribution in [3.63, 3.8) is 0 Å². The molecule has 1 unspecified atom stereocenters. The first kappa shape index (κ1) is 17.4. The minimum absolute atomic E-state index is 0.641. The van der Waals surface area contributed by atoms with Gasteiger partial charge in [-0.2, -0.15) is 5.26 Å². The summed E-state index contributed by atoms with van der Waals surface area (Å²) in [6, 6.07) is 2.16. The fourth-order valence-electron chi connectivity index (χ4n) is 1.98. The van der Waals surface area contributed by atoms with Gasteiger partial charge in [0.25, 0.3) is 0 Å². The van der Waals surface area contributed by atoms with E-state index >= 15 is 0 Å². The van der Waals surface area contributed by atoms with Gasteiger partial charge >= 0.3 is 0 Å². The van der Waals surface area contributed by atoms with E-state index in [4.69, 9.17) is 11.0 Å². The first-order valence-electron chi connectivity index (χ1n) is 7.48. The zero-order valence-corrected chi connectivity index (χ0v) is 12.5. The van der Waals surface area contributed by atoms with E-state index in [1.54, 1.807) is 0 Å². The van der Waals surface area contributed by atoms with Crippen LogP contribution in [0.15, 0.2) is 0 Å². The lowest BCUT2D eigenvalue weighted by atomic mass is 9.98. The van der Waals surface area contributed by atoms with Crippen LogP contribution in [-0.2, 0) is 0 Å². The van der Waals surface area contributed by atoms with Crippen LogP contribution in [0, 0.1) is 11.3 Å². The summed E-state index contributed by atoms with van der Waals surface area (Å²) in [4.78, 5) is 2.56. The summed E-state index contributed by atoms with van der Waals surface area (Å²) in [5.74, 6) is 0. The number of nitrogens with two attached hydrogens (primary N) is 1. The number of hydrogen-bond acceptors (Lipinski definition) is 3. The fraction of sp³-hybridized carbons (Fsp3) is 0.933. The van der Waals surface area contributed by atoms with Gasteiger partial charge in [0.15, 0.2) is 0 Å². The summed E-state index contributed by atoms with van der Waals surface area (Å²) in [5, 5.41) is 8.85. The van der Waals surface area contributed by atoms with Crippen LogP contribution < -0.4 is 5.73 Å². The Morgan fingerprint density at radius 3 is 1.94 bits per heavy atom. The smallest absolute Gasteiger partial charge is 0.101 e. The van der Waals surface area contributed by atoms with E-state index in [9.17, 15) is 0 Å². The normalized spacial score (nSPS) is 14.4. The van der Waals surface area contributed by atoms with Gasteiger partial charge < -0.3 is 10.6 Å². The molecule has 0 fully saturated rings. The van der Waals surface area contributed by atoms with Crippen molar-refractivity contribution in [2.45, 2.75) is 71.3 Å². The number of rotatable bonds is 11. The fourth-order valence-corrected chi connectivity index (χ4v) is 1.98. The predicted molar refractivity (Wildman–Crippen MR) is 78.3 cm³/mol. The lowest BCUT2D eigenvalue weighted by Crippen LogP contribution is -2.34. The Balaban J connectivity index is 3.78. The lowest BCUT2D eigenvalue weighted by molar-refractivity contribution is 0.257. The SMILES string of the molecule is CCCCN(CCCC)CCCCC(C)(N)C#N. The number of hydrogen-bond donors (Lipinski definition) is 1. The molecule has 0 saturated carbocycles. The minimum atomic E-state index is -0.641. The lowest BCUT2D eigenvalue weighted by Gasteiger charge is -2.22. The van der Waals surface area contributed by atoms with Crippen molar-refractivity contribution in [1.29, 1.82) is 5.26 Å². The molecule has 0 spiro atoms. The zero-order valence-electron chi connectivity index (χ0n) is 12.5. The third kappa shape index (κ3) is 9.44. The Bertz CT molecular complexity index is 222. The van der Waals surface area contributed by atoms with Crippen molar-refractivity contribution in [2.24, 2.45) is 5.73 Å². The first-order chi connectivity index (χ1) is 8.55. The molecule has 0 bridgehead atoms. The molecule has 0 aromatic heterocycles. The number of nitrogens with zero attached hydrogens (tertiary/aromatic N) is 2. The summed E-state index contributed by atoms with van der Waals surface area (Å²) < 4.78 is 0. The van der Waals surface area contributed by atoms with Gasteiger partial charge in [0, 0.05) is 0 Å². The molecule has 0 radical (unpaired) electrons. The molecule has 18 heavy (non-hydrogen) atoms. The van der Waals surface area contributed by atoms with Crippen molar-refractivity contribution >= 4 is 0 Å². The van der Waals surface area contributed by atoms with Gasteiger partial charge in [-0.1, -0.05) is 26.7 Å². The molecule has 0 heterocycles. The number of unbranched alkanes of at least 4 members (excludes halogenated alkanes) is 3. The van der Waals surface area contributed by atoms with Crippen LogP contribution >= 0.6 is 0 Å². The number of nitriles is 1. The Kier molecular flexibility index (Phi) is 10.0. The zero-order chi connectivity index (χ0) is 13.9. The van der Waals surface area contributed by atoms with E-state index in [0.717, 1.165) is 25.8 Å². The van der Waals surface area contributed by atoms with Crippen LogP contribution in [0.1, 0.15) is 65.7 Å². The molecule has 0 aromatic rings. The van der Waals surface area contributed by atoms with Crippen LogP contribution in [0.4, 0.5) is 0 Å². The third-order valence-electron chi connectivity index (χ3n) is 3.33. The van der Waals surface area contributed by atoms with E-state index in [1.165, 1.54) is 38.8 Å². The Labute approximate surface area is 113 Å². The van der Waals surface area contributed by atoms with E-state index in [0.29, 0.717) is 0 Å². The van der Waals surface area contributed by atoms with Crippen LogP contribution in [0.5, 0.6) is 0 Å². The van der Waals surface area contributed by atoms with Gasteiger partial charge in [-0.15, -0.1) is 0 Å². The molecule has 2 N–H and O–H groups in total. The second-order valence-corrected chi connectivity index (χ2v) is 5.54. The molecular formula is C15H31N3. The van der Waals surface area contributed by atoms with Crippen LogP contribution in [0.25, 0.3) is 0 Å². The molecule has 0 aliphatic heterocycles. The Morgan fingerprint density at radius 1 is 1.00 bits per heavy atom. The van der Waals surface area contributed by atoms with E-state index in [-0.39, 0.29) is 0 Å². The van der Waals surface area contributed by atoms with Crippen molar-refractivity contribution in [3.8, 4) is 6.07 Å². The van der Waals surface area contributed by atoms with Crippen molar-refractivity contribution < 1.29 is 0 Å². The maximum absolute atomic E-state index is 8.85. The van der Waals surface area contributed by atoms with Crippen molar-refractivity contribution in [3.05, 3.63) is 0 Å². The van der Waals surface area contributed by atoms with Gasteiger partial charge in [0.1, 0.15) is 5.54 Å². The summed E-state index contributed by atoms with van der Waals surface area (Å²) >= 11 is 0. The van der Waals surface area contributed by atoms with Gasteiger partial charge in [-0.05, 0) is 58.7 Å². The van der Waals surface area contributed by atoms with Gasteiger partial charge in [-0.3, -0.25) is 0 Å². The van der Waals surface area contributed by atoms with Crippen LogP contribution in [-0.4, -0.2) is 30.1 Å². The highest BCUT2D eigenvalue weighted by atomic mass is 15.1. The maximum atomic E-state index is 8.85. The monoisotopic (exact) mass is 253 g/mol. The summed E-state index contributed by atoms with van der Waals surface area (Å²) in [5.41, 5.74) is 5.18. The molecule has 3 nitrogen and oxygen atoms in total. The molecule has 0 aromatic carbocycles. The van der Waals surface area contributed by atoms with Crippen LogP contribution in [0.2, 0.25) is 0 Å². The van der Waals surface area contributed by atoms with Gasteiger partial charge in [0.05, 0.1) is 6.07 Å². The Morgan fingerprint density at radius 2 is 1.50 bits per heavy atom. The average molecular weight is 253 g/mol. The van der Waals surface area contributed by atoms with Gasteiger partial charge in [-0.25, -0.2) is 0 Å². The molecule has 0 saturated heterocycles. The van der Waals surface area contributed by atoms with Crippen molar-refractivity contribution in [1.82, 2.24) is 4.90 Å². The highest BCUT2D eigenvalue weighted by molar-refractivity contribution is 5.00. The summed E-state index contributed by atoms with van der Waals surface area (Å²) in [7, 11) is 0. The molecule has 106 valence electrons. The first-order valence-corrected chi connectivity index (χ1v) is 7.48. The summed E-state index contributed by atoms with van der Waals surface area (Å²) in [6.07, 6.45) is 8.11. The molecule has 3 heteroatoms. The highest BCUT2D eigenvalue weighted by Gasteiger charge is 2.16. The quantitative estimate of drug-likeness (QED) is 0.575. The topological polar surface area (TPSA) is 53.0 Å². The average Bonchev–Trinajstić information content (AvgIpc) is 2.36. The van der Waals surface area contributed by atoms with Gasteiger partial charge in [0.2, 0.25) is 0 Å². The van der Waals surface area contributed by atoms with E-state index < -0.39 is 5.54 Å². The second-order valence-electron chi connectivity index (χ2n) is 5.54. The molecule has 0 rings (SSSR count). The standard InChI is InChI=1S/C15H31N3/c1-4-6-11-18(12-7-5-2)13-9-8-10-15(3,17)14-16/h4-13,17H2,1-3H3. The maximum Gasteiger partial charge on any atom is 0.101 e. The molecule has 1 atom stereocenters. The molecule has 0 amide bonds. The van der Waals surface area contributed by atoms with Crippen LogP contribution in [0.3, 0.4) is 0 Å². The van der Waals surface area contributed by atoms with E-state index in [2.05, 4.69) is 24.8 Å². The van der Waals surface area contributed by atoms with Crippen molar-refractivity contribution in [2.75, 3.05) is 19.6 Å². The molecule has 0 aliphatic rings. The highest BCUT2D eigenvalue weighted by Crippen LogP contribution is 2.10. The summed E-state index contributed by atoms with van der Waals surface area (Å²) in [6.45, 7) is 9.89. The minimum Gasteiger partial charge on any atom is -0.314 e. The third-order valence-corrected chi connectivity index (χ3v) is 3.33. The molecule has 0 aliphatic carbocycles. The molecular weight excluding hydrogens is 222 g/mol. The predicted octanol–water partition coefficient (Wildman–Crippen LogP) is 3.30. The Hall–Kier alpha value is -0.590. The second kappa shape index (κ2) is 10.3. The van der Waals surface area contributed by atoms with E-state index in [1.807, 2.05) is 6.92 Å².